The van der Waals surface area contributed by atoms with Crippen LogP contribution in [-0.2, 0) is 4.79 Å². The third kappa shape index (κ3) is 3.02. The van der Waals surface area contributed by atoms with Crippen molar-refractivity contribution < 1.29 is 18.0 Å². The standard InChI is InChI=1S/C17H16BrF3N2O/c1-16(2)9-23(22-15(16)24)14(17(19,20)21)11-7-6-10-4-3-5-13(18)12(10)8-11/h3-8,14H,9H2,1-2H3,(H,22,24). The van der Waals surface area contributed by atoms with Gasteiger partial charge in [0.25, 0.3) is 0 Å². The van der Waals surface area contributed by atoms with Crippen molar-refractivity contribution in [3.05, 3.63) is 46.4 Å². The van der Waals surface area contributed by atoms with Gasteiger partial charge in [0.05, 0.1) is 5.41 Å². The first-order valence-corrected chi connectivity index (χ1v) is 8.21. The first-order valence-electron chi connectivity index (χ1n) is 7.42. The van der Waals surface area contributed by atoms with E-state index in [1.807, 2.05) is 12.1 Å². The lowest BCUT2D eigenvalue weighted by molar-refractivity contribution is -0.191. The van der Waals surface area contributed by atoms with E-state index in [1.54, 1.807) is 26.0 Å². The van der Waals surface area contributed by atoms with Crippen LogP contribution in [0.5, 0.6) is 0 Å². The Labute approximate surface area is 145 Å². The predicted molar refractivity (Wildman–Crippen MR) is 89.1 cm³/mol. The second-order valence-electron chi connectivity index (χ2n) is 6.62. The van der Waals surface area contributed by atoms with Gasteiger partial charge in [-0.3, -0.25) is 10.2 Å². The van der Waals surface area contributed by atoms with Crippen molar-refractivity contribution in [3.8, 4) is 0 Å². The molecule has 1 saturated heterocycles. The molecule has 1 fully saturated rings. The van der Waals surface area contributed by atoms with Crippen molar-refractivity contribution in [2.24, 2.45) is 5.41 Å². The molecule has 1 heterocycles. The Morgan fingerprint density at radius 2 is 1.96 bits per heavy atom. The van der Waals surface area contributed by atoms with Crippen LogP contribution in [0.4, 0.5) is 13.2 Å². The van der Waals surface area contributed by atoms with Gasteiger partial charge in [0.15, 0.2) is 0 Å². The van der Waals surface area contributed by atoms with Crippen LogP contribution < -0.4 is 5.43 Å². The largest absolute Gasteiger partial charge is 0.409 e. The minimum Gasteiger partial charge on any atom is -0.287 e. The normalized spacial score (nSPS) is 19.5. The number of nitrogens with zero attached hydrogens (tertiary/aromatic N) is 1. The summed E-state index contributed by atoms with van der Waals surface area (Å²) in [6, 6.07) is 8.22. The van der Waals surface area contributed by atoms with Crippen LogP contribution in [0.25, 0.3) is 10.8 Å². The van der Waals surface area contributed by atoms with Gasteiger partial charge in [-0.1, -0.05) is 40.2 Å². The first-order chi connectivity index (χ1) is 11.1. The number of halogens is 4. The van der Waals surface area contributed by atoms with Gasteiger partial charge < -0.3 is 0 Å². The highest BCUT2D eigenvalue weighted by atomic mass is 79.9. The molecule has 1 aliphatic rings. The topological polar surface area (TPSA) is 32.3 Å². The number of fused-ring (bicyclic) bond motifs is 1. The third-order valence-electron chi connectivity index (χ3n) is 4.22. The number of hydrogen-bond acceptors (Lipinski definition) is 2. The lowest BCUT2D eigenvalue weighted by Crippen LogP contribution is -2.43. The van der Waals surface area contributed by atoms with Crippen LogP contribution in [0, 0.1) is 5.41 Å². The minimum absolute atomic E-state index is 0.00991. The summed E-state index contributed by atoms with van der Waals surface area (Å²) in [4.78, 5) is 11.9. The number of hydrogen-bond donors (Lipinski definition) is 1. The maximum Gasteiger partial charge on any atom is 0.409 e. The molecule has 2 aromatic rings. The number of rotatable bonds is 2. The van der Waals surface area contributed by atoms with Gasteiger partial charge >= 0.3 is 6.18 Å². The second-order valence-corrected chi connectivity index (χ2v) is 7.47. The molecule has 1 aliphatic heterocycles. The molecule has 0 saturated carbocycles. The van der Waals surface area contributed by atoms with Crippen LogP contribution >= 0.6 is 15.9 Å². The van der Waals surface area contributed by atoms with E-state index in [0.29, 0.717) is 5.39 Å². The average molecular weight is 401 g/mol. The van der Waals surface area contributed by atoms with Crippen molar-refractivity contribution in [3.63, 3.8) is 0 Å². The molecule has 0 bridgehead atoms. The minimum atomic E-state index is -4.51. The second kappa shape index (κ2) is 5.74. The zero-order chi connectivity index (χ0) is 17.7. The molecule has 1 amide bonds. The molecule has 1 atom stereocenters. The van der Waals surface area contributed by atoms with Crippen LogP contribution in [0.2, 0.25) is 0 Å². The van der Waals surface area contributed by atoms with Crippen molar-refractivity contribution in [2.45, 2.75) is 26.1 Å². The van der Waals surface area contributed by atoms with Crippen LogP contribution in [0.15, 0.2) is 40.9 Å². The highest BCUT2D eigenvalue weighted by Gasteiger charge is 2.51. The molecule has 0 aliphatic carbocycles. The Morgan fingerprint density at radius 3 is 2.54 bits per heavy atom. The summed E-state index contributed by atoms with van der Waals surface area (Å²) in [5.74, 6) is -0.404. The van der Waals surface area contributed by atoms with E-state index in [1.165, 1.54) is 12.1 Å². The Bertz CT molecular complexity index is 804. The van der Waals surface area contributed by atoms with Crippen LogP contribution in [-0.4, -0.2) is 23.6 Å². The SMILES string of the molecule is CC1(C)CN(C(c2ccc3cccc(Br)c3c2)C(F)(F)F)NC1=O. The number of carbonyl (C=O) groups excluding carboxylic acids is 1. The highest BCUT2D eigenvalue weighted by molar-refractivity contribution is 9.10. The summed E-state index contributed by atoms with van der Waals surface area (Å²) < 4.78 is 41.9. The van der Waals surface area contributed by atoms with E-state index < -0.39 is 23.5 Å². The van der Waals surface area contributed by atoms with Gasteiger partial charge in [0.1, 0.15) is 6.04 Å². The Morgan fingerprint density at radius 1 is 1.25 bits per heavy atom. The van der Waals surface area contributed by atoms with E-state index >= 15 is 0 Å². The van der Waals surface area contributed by atoms with E-state index in [0.717, 1.165) is 14.9 Å². The molecule has 0 aromatic heterocycles. The molecule has 1 N–H and O–H groups in total. The summed E-state index contributed by atoms with van der Waals surface area (Å²) in [6.45, 7) is 3.25. The van der Waals surface area contributed by atoms with Gasteiger partial charge in [0.2, 0.25) is 5.91 Å². The number of hydrazine groups is 1. The maximum absolute atomic E-state index is 13.7. The highest BCUT2D eigenvalue weighted by Crippen LogP contribution is 2.41. The number of carbonyl (C=O) groups is 1. The molecule has 2 aromatic carbocycles. The lowest BCUT2D eigenvalue weighted by Gasteiger charge is -2.30. The van der Waals surface area contributed by atoms with Crippen molar-refractivity contribution in [1.29, 1.82) is 0 Å². The van der Waals surface area contributed by atoms with Gasteiger partial charge in [-0.2, -0.15) is 13.2 Å². The van der Waals surface area contributed by atoms with E-state index in [2.05, 4.69) is 21.4 Å². The average Bonchev–Trinajstić information content (AvgIpc) is 2.71. The fraction of sp³-hybridized carbons (Fsp3) is 0.353. The molecule has 24 heavy (non-hydrogen) atoms. The Hall–Kier alpha value is -1.60. The maximum atomic E-state index is 13.7. The van der Waals surface area contributed by atoms with Gasteiger partial charge in [-0.25, -0.2) is 5.01 Å². The van der Waals surface area contributed by atoms with E-state index in [9.17, 15) is 18.0 Å². The quantitative estimate of drug-likeness (QED) is 0.799. The summed E-state index contributed by atoms with van der Waals surface area (Å²) in [5.41, 5.74) is 1.61. The Balaban J connectivity index is 2.08. The fourth-order valence-corrected chi connectivity index (χ4v) is 3.44. The summed E-state index contributed by atoms with van der Waals surface area (Å²) in [6.07, 6.45) is -4.51. The zero-order valence-corrected chi connectivity index (χ0v) is 14.7. The van der Waals surface area contributed by atoms with Crippen LogP contribution in [0.1, 0.15) is 25.5 Å². The number of amides is 1. The molecule has 0 spiro atoms. The molecule has 128 valence electrons. The molecule has 3 rings (SSSR count). The van der Waals surface area contributed by atoms with Gasteiger partial charge in [-0.15, -0.1) is 0 Å². The lowest BCUT2D eigenvalue weighted by atomic mass is 9.93. The van der Waals surface area contributed by atoms with Crippen molar-refractivity contribution >= 4 is 32.6 Å². The number of benzene rings is 2. The summed E-state index contributed by atoms with van der Waals surface area (Å²) in [7, 11) is 0. The van der Waals surface area contributed by atoms with Crippen molar-refractivity contribution in [2.75, 3.05) is 6.54 Å². The summed E-state index contributed by atoms with van der Waals surface area (Å²) in [5, 5.41) is 2.54. The van der Waals surface area contributed by atoms with Gasteiger partial charge in [-0.05, 0) is 42.3 Å². The molecule has 3 nitrogen and oxygen atoms in total. The first kappa shape index (κ1) is 17.2. The van der Waals surface area contributed by atoms with Crippen LogP contribution in [0.3, 0.4) is 0 Å². The molecular formula is C17H16BrF3N2O. The molecular weight excluding hydrogens is 385 g/mol. The fourth-order valence-electron chi connectivity index (χ4n) is 2.94. The molecule has 7 heteroatoms. The number of alkyl halides is 3. The summed E-state index contributed by atoms with van der Waals surface area (Å²) >= 11 is 3.38. The van der Waals surface area contributed by atoms with Gasteiger partial charge in [0, 0.05) is 11.0 Å². The monoisotopic (exact) mass is 400 g/mol. The Kier molecular flexibility index (Phi) is 4.12. The zero-order valence-electron chi connectivity index (χ0n) is 13.1. The number of nitrogens with one attached hydrogen (secondary N) is 1. The van der Waals surface area contributed by atoms with Crippen molar-refractivity contribution in [1.82, 2.24) is 10.4 Å². The predicted octanol–water partition coefficient (Wildman–Crippen LogP) is 4.58. The molecule has 1 unspecified atom stereocenters. The van der Waals surface area contributed by atoms with E-state index in [-0.39, 0.29) is 12.1 Å². The van der Waals surface area contributed by atoms with E-state index in [4.69, 9.17) is 0 Å². The smallest absolute Gasteiger partial charge is 0.287 e. The molecule has 0 radical (unpaired) electrons. The third-order valence-corrected chi connectivity index (χ3v) is 4.91.